The number of nitrogens with zero attached hydrogens (tertiary/aromatic N) is 2. The van der Waals surface area contributed by atoms with Crippen LogP contribution in [-0.2, 0) is 4.79 Å². The minimum absolute atomic E-state index is 0.0710. The Bertz CT molecular complexity index is 706. The summed E-state index contributed by atoms with van der Waals surface area (Å²) in [4.78, 5) is 20.9. The fourth-order valence-electron chi connectivity index (χ4n) is 3.39. The van der Waals surface area contributed by atoms with E-state index in [-0.39, 0.29) is 5.91 Å². The fraction of sp³-hybridized carbons (Fsp3) is 0.476. The maximum atomic E-state index is 12.2. The lowest BCUT2D eigenvalue weighted by Crippen LogP contribution is -2.38. The number of nitrogens with one attached hydrogen (secondary N) is 2. The molecule has 2 N–H and O–H groups in total. The van der Waals surface area contributed by atoms with Crippen molar-refractivity contribution in [3.63, 3.8) is 0 Å². The van der Waals surface area contributed by atoms with Gasteiger partial charge in [-0.1, -0.05) is 32.1 Å². The molecule has 138 valence electrons. The van der Waals surface area contributed by atoms with Gasteiger partial charge in [-0.25, -0.2) is 9.97 Å². The molecule has 26 heavy (non-hydrogen) atoms. The molecule has 0 aliphatic heterocycles. The monoisotopic (exact) mass is 352 g/mol. The molecule has 5 heteroatoms. The highest BCUT2D eigenvalue weighted by Crippen LogP contribution is 2.18. The Morgan fingerprint density at radius 2 is 1.73 bits per heavy atom. The number of hydrogen-bond donors (Lipinski definition) is 2. The van der Waals surface area contributed by atoms with Crippen molar-refractivity contribution in [3.8, 4) is 11.4 Å². The van der Waals surface area contributed by atoms with Crippen molar-refractivity contribution >= 4 is 11.6 Å². The first kappa shape index (κ1) is 18.4. The number of anilines is 1. The number of aryl methyl sites for hydroxylation is 1. The Kier molecular flexibility index (Phi) is 6.58. The Balaban J connectivity index is 1.49. The molecule has 1 heterocycles. The lowest BCUT2D eigenvalue weighted by Gasteiger charge is -2.21. The van der Waals surface area contributed by atoms with Crippen LogP contribution in [0.25, 0.3) is 11.4 Å². The average molecular weight is 352 g/mol. The van der Waals surface area contributed by atoms with E-state index in [0.29, 0.717) is 12.6 Å². The second kappa shape index (κ2) is 9.32. The first-order valence-corrected chi connectivity index (χ1v) is 9.64. The molecule has 0 unspecified atom stereocenters. The Morgan fingerprint density at radius 3 is 2.42 bits per heavy atom. The van der Waals surface area contributed by atoms with Gasteiger partial charge in [0.25, 0.3) is 0 Å². The van der Waals surface area contributed by atoms with Gasteiger partial charge in [0, 0.05) is 29.2 Å². The predicted molar refractivity (Wildman–Crippen MR) is 105 cm³/mol. The van der Waals surface area contributed by atoms with Crippen LogP contribution in [0.15, 0.2) is 36.5 Å². The van der Waals surface area contributed by atoms with Gasteiger partial charge in [0.2, 0.25) is 5.91 Å². The number of amides is 1. The molecule has 3 rings (SSSR count). The van der Waals surface area contributed by atoms with E-state index in [0.717, 1.165) is 35.6 Å². The maximum Gasteiger partial charge on any atom is 0.239 e. The summed E-state index contributed by atoms with van der Waals surface area (Å²) in [6, 6.07) is 10.1. The van der Waals surface area contributed by atoms with E-state index in [9.17, 15) is 4.79 Å². The highest BCUT2D eigenvalue weighted by Gasteiger charge is 2.13. The molecule has 1 aromatic heterocycles. The van der Waals surface area contributed by atoms with Gasteiger partial charge in [-0.15, -0.1) is 0 Å². The van der Waals surface area contributed by atoms with E-state index < -0.39 is 0 Å². The highest BCUT2D eigenvalue weighted by atomic mass is 16.1. The van der Waals surface area contributed by atoms with E-state index in [1.807, 2.05) is 37.3 Å². The zero-order valence-electron chi connectivity index (χ0n) is 15.5. The second-order valence-electron chi connectivity index (χ2n) is 7.06. The van der Waals surface area contributed by atoms with Crippen LogP contribution < -0.4 is 10.6 Å². The molecule has 0 saturated heterocycles. The topological polar surface area (TPSA) is 66.9 Å². The maximum absolute atomic E-state index is 12.2. The first-order chi connectivity index (χ1) is 12.7. The van der Waals surface area contributed by atoms with E-state index >= 15 is 0 Å². The number of carbonyl (C=O) groups is 1. The number of aromatic nitrogens is 2. The molecule has 1 aliphatic carbocycles. The minimum Gasteiger partial charge on any atom is -0.376 e. The molecule has 1 aliphatic rings. The third kappa shape index (κ3) is 5.55. The number of hydrogen-bond acceptors (Lipinski definition) is 4. The van der Waals surface area contributed by atoms with Crippen LogP contribution in [0.1, 0.15) is 50.6 Å². The van der Waals surface area contributed by atoms with Crippen LogP contribution in [0.2, 0.25) is 0 Å². The van der Waals surface area contributed by atoms with E-state index in [1.165, 1.54) is 32.1 Å². The average Bonchev–Trinajstić information content (AvgIpc) is 2.62. The molecule has 5 nitrogen and oxygen atoms in total. The lowest BCUT2D eigenvalue weighted by atomic mass is 9.97. The summed E-state index contributed by atoms with van der Waals surface area (Å²) in [5, 5.41) is 6.38. The summed E-state index contributed by atoms with van der Waals surface area (Å²) in [5.41, 5.74) is 2.84. The van der Waals surface area contributed by atoms with Crippen molar-refractivity contribution in [3.05, 3.63) is 42.2 Å². The molecule has 1 fully saturated rings. The normalized spacial score (nSPS) is 15.7. The zero-order valence-corrected chi connectivity index (χ0v) is 15.5. The van der Waals surface area contributed by atoms with Crippen molar-refractivity contribution in [1.29, 1.82) is 0 Å². The lowest BCUT2D eigenvalue weighted by molar-refractivity contribution is -0.120. The molecule has 0 bridgehead atoms. The van der Waals surface area contributed by atoms with Crippen LogP contribution >= 0.6 is 0 Å². The van der Waals surface area contributed by atoms with Gasteiger partial charge >= 0.3 is 0 Å². The SMILES string of the molecule is Cc1ccnc(-c2ccc(NCC(=O)NC3CCCCCCC3)cc2)n1. The molecular weight excluding hydrogens is 324 g/mol. The van der Waals surface area contributed by atoms with Gasteiger partial charge in [-0.3, -0.25) is 4.79 Å². The quantitative estimate of drug-likeness (QED) is 0.850. The van der Waals surface area contributed by atoms with Gasteiger partial charge in [-0.2, -0.15) is 0 Å². The molecule has 1 amide bonds. The summed E-state index contributed by atoms with van der Waals surface area (Å²) >= 11 is 0. The largest absolute Gasteiger partial charge is 0.376 e. The van der Waals surface area contributed by atoms with Gasteiger partial charge in [0.1, 0.15) is 0 Å². The number of rotatable bonds is 5. The summed E-state index contributed by atoms with van der Waals surface area (Å²) in [6.45, 7) is 2.26. The molecule has 1 saturated carbocycles. The highest BCUT2D eigenvalue weighted by molar-refractivity contribution is 5.81. The first-order valence-electron chi connectivity index (χ1n) is 9.64. The Morgan fingerprint density at radius 1 is 1.04 bits per heavy atom. The van der Waals surface area contributed by atoms with E-state index in [1.54, 1.807) is 6.20 Å². The van der Waals surface area contributed by atoms with Gasteiger partial charge in [0.15, 0.2) is 5.82 Å². The van der Waals surface area contributed by atoms with Gasteiger partial charge < -0.3 is 10.6 Å². The third-order valence-electron chi connectivity index (χ3n) is 4.86. The molecular formula is C21H28N4O. The predicted octanol–water partition coefficient (Wildman–Crippen LogP) is 4.09. The van der Waals surface area contributed by atoms with Crippen molar-refractivity contribution in [2.24, 2.45) is 0 Å². The standard InChI is InChI=1S/C21H28N4O/c1-16-13-14-22-21(24-16)17-9-11-18(12-10-17)23-15-20(26)25-19-7-5-3-2-4-6-8-19/h9-14,19,23H,2-8,15H2,1H3,(H,25,26). The van der Waals surface area contributed by atoms with Crippen molar-refractivity contribution in [2.45, 2.75) is 57.9 Å². The summed E-state index contributed by atoms with van der Waals surface area (Å²) in [6.07, 6.45) is 10.4. The molecule has 2 aromatic rings. The van der Waals surface area contributed by atoms with Crippen molar-refractivity contribution < 1.29 is 4.79 Å². The van der Waals surface area contributed by atoms with E-state index in [2.05, 4.69) is 20.6 Å². The minimum atomic E-state index is 0.0710. The van der Waals surface area contributed by atoms with E-state index in [4.69, 9.17) is 0 Å². The zero-order chi connectivity index (χ0) is 18.2. The molecule has 1 aromatic carbocycles. The van der Waals surface area contributed by atoms with Gasteiger partial charge in [-0.05, 0) is 50.1 Å². The summed E-state index contributed by atoms with van der Waals surface area (Å²) in [7, 11) is 0. The fourth-order valence-corrected chi connectivity index (χ4v) is 3.39. The number of benzene rings is 1. The Hall–Kier alpha value is -2.43. The smallest absolute Gasteiger partial charge is 0.239 e. The summed E-state index contributed by atoms with van der Waals surface area (Å²) < 4.78 is 0. The number of carbonyl (C=O) groups excluding carboxylic acids is 1. The van der Waals surface area contributed by atoms with Crippen LogP contribution in [-0.4, -0.2) is 28.5 Å². The molecule has 0 spiro atoms. The van der Waals surface area contributed by atoms with Crippen LogP contribution in [0, 0.1) is 6.92 Å². The van der Waals surface area contributed by atoms with Crippen molar-refractivity contribution in [1.82, 2.24) is 15.3 Å². The molecule has 0 radical (unpaired) electrons. The third-order valence-corrected chi connectivity index (χ3v) is 4.86. The van der Waals surface area contributed by atoms with Crippen LogP contribution in [0.4, 0.5) is 5.69 Å². The molecule has 0 atom stereocenters. The summed E-state index contributed by atoms with van der Waals surface area (Å²) in [5.74, 6) is 0.792. The van der Waals surface area contributed by atoms with Crippen molar-refractivity contribution in [2.75, 3.05) is 11.9 Å². The van der Waals surface area contributed by atoms with Gasteiger partial charge in [0.05, 0.1) is 6.54 Å². The van der Waals surface area contributed by atoms with Crippen LogP contribution in [0.3, 0.4) is 0 Å². The van der Waals surface area contributed by atoms with Crippen LogP contribution in [0.5, 0.6) is 0 Å². The Labute approximate surface area is 155 Å². The second-order valence-corrected chi connectivity index (χ2v) is 7.06.